The smallest absolute Gasteiger partial charge is 0.307 e. The molecule has 0 fully saturated rings. The predicted molar refractivity (Wildman–Crippen MR) is 54.3 cm³/mol. The van der Waals surface area contributed by atoms with Crippen molar-refractivity contribution < 1.29 is 14.3 Å². The van der Waals surface area contributed by atoms with Gasteiger partial charge >= 0.3 is 5.97 Å². The summed E-state index contributed by atoms with van der Waals surface area (Å²) in [6.07, 6.45) is 3.26. The van der Waals surface area contributed by atoms with Crippen LogP contribution < -0.4 is 5.32 Å². The van der Waals surface area contributed by atoms with Crippen molar-refractivity contribution in [3.8, 4) is 0 Å². The normalized spacial score (nSPS) is 9.81. The summed E-state index contributed by atoms with van der Waals surface area (Å²) in [5.41, 5.74) is 0. The first kappa shape index (κ1) is 12.2. The highest BCUT2D eigenvalue weighted by Crippen LogP contribution is 1.85. The number of esters is 1. The van der Waals surface area contributed by atoms with Gasteiger partial charge in [0.15, 0.2) is 0 Å². The standard InChI is InChI=1S/C9H14N4O3/c1-2-16-9(15)3-4-10-8(14)7-13-6-5-11-12-13/h5-6H,2-4,7H2,1H3,(H,10,14). The van der Waals surface area contributed by atoms with Crippen molar-refractivity contribution in [2.24, 2.45) is 0 Å². The van der Waals surface area contributed by atoms with Crippen LogP contribution in [-0.4, -0.2) is 40.0 Å². The van der Waals surface area contributed by atoms with Crippen LogP contribution in [0, 0.1) is 0 Å². The Kier molecular flexibility index (Phi) is 4.97. The Balaban J connectivity index is 2.13. The zero-order chi connectivity index (χ0) is 11.8. The number of rotatable bonds is 6. The van der Waals surface area contributed by atoms with Crippen LogP contribution in [0.4, 0.5) is 0 Å². The topological polar surface area (TPSA) is 86.1 Å². The van der Waals surface area contributed by atoms with E-state index in [4.69, 9.17) is 4.74 Å². The third-order valence-electron chi connectivity index (χ3n) is 1.73. The molecule has 0 unspecified atom stereocenters. The molecule has 0 spiro atoms. The lowest BCUT2D eigenvalue weighted by Crippen LogP contribution is -2.30. The third-order valence-corrected chi connectivity index (χ3v) is 1.73. The summed E-state index contributed by atoms with van der Waals surface area (Å²) in [4.78, 5) is 22.2. The van der Waals surface area contributed by atoms with Crippen molar-refractivity contribution in [3.05, 3.63) is 12.4 Å². The highest BCUT2D eigenvalue weighted by atomic mass is 16.5. The van der Waals surface area contributed by atoms with E-state index in [1.807, 2.05) is 0 Å². The Labute approximate surface area is 92.8 Å². The van der Waals surface area contributed by atoms with Gasteiger partial charge < -0.3 is 10.1 Å². The zero-order valence-corrected chi connectivity index (χ0v) is 9.05. The van der Waals surface area contributed by atoms with E-state index in [1.54, 1.807) is 13.1 Å². The second-order valence-corrected chi connectivity index (χ2v) is 3.01. The molecule has 0 saturated carbocycles. The predicted octanol–water partition coefficient (Wildman–Crippen LogP) is -0.653. The summed E-state index contributed by atoms with van der Waals surface area (Å²) in [6.45, 7) is 2.46. The van der Waals surface area contributed by atoms with Crippen LogP contribution in [0.2, 0.25) is 0 Å². The van der Waals surface area contributed by atoms with Crippen LogP contribution >= 0.6 is 0 Å². The van der Waals surface area contributed by atoms with Gasteiger partial charge in [0, 0.05) is 12.7 Å². The molecule has 7 nitrogen and oxygen atoms in total. The minimum Gasteiger partial charge on any atom is -0.466 e. The minimum atomic E-state index is -0.316. The Morgan fingerprint density at radius 1 is 1.50 bits per heavy atom. The van der Waals surface area contributed by atoms with Gasteiger partial charge in [-0.1, -0.05) is 5.21 Å². The largest absolute Gasteiger partial charge is 0.466 e. The Morgan fingerprint density at radius 2 is 2.31 bits per heavy atom. The second kappa shape index (κ2) is 6.54. The van der Waals surface area contributed by atoms with Gasteiger partial charge in [0.25, 0.3) is 0 Å². The fourth-order valence-electron chi connectivity index (χ4n) is 1.06. The van der Waals surface area contributed by atoms with Gasteiger partial charge in [0.1, 0.15) is 6.54 Å². The molecule has 88 valence electrons. The van der Waals surface area contributed by atoms with Crippen molar-refractivity contribution in [2.45, 2.75) is 19.9 Å². The van der Waals surface area contributed by atoms with Crippen molar-refractivity contribution in [1.29, 1.82) is 0 Å². The SMILES string of the molecule is CCOC(=O)CCNC(=O)Cn1ccnn1. The van der Waals surface area contributed by atoms with Crippen LogP contribution in [-0.2, 0) is 20.9 Å². The van der Waals surface area contributed by atoms with E-state index in [1.165, 1.54) is 10.9 Å². The van der Waals surface area contributed by atoms with E-state index in [-0.39, 0.29) is 31.4 Å². The first-order valence-corrected chi connectivity index (χ1v) is 4.98. The van der Waals surface area contributed by atoms with Crippen LogP contribution in [0.3, 0.4) is 0 Å². The molecule has 16 heavy (non-hydrogen) atoms. The van der Waals surface area contributed by atoms with Gasteiger partial charge in [0.2, 0.25) is 5.91 Å². The zero-order valence-electron chi connectivity index (χ0n) is 9.05. The molecule has 1 aromatic rings. The Morgan fingerprint density at radius 3 is 2.94 bits per heavy atom. The van der Waals surface area contributed by atoms with Crippen LogP contribution in [0.1, 0.15) is 13.3 Å². The lowest BCUT2D eigenvalue weighted by Gasteiger charge is -2.04. The number of carbonyl (C=O) groups excluding carboxylic acids is 2. The monoisotopic (exact) mass is 226 g/mol. The summed E-state index contributed by atoms with van der Waals surface area (Å²) in [5, 5.41) is 9.79. The molecule has 1 aromatic heterocycles. The van der Waals surface area contributed by atoms with Crippen molar-refractivity contribution >= 4 is 11.9 Å². The number of hydrogen-bond donors (Lipinski definition) is 1. The molecule has 0 aromatic carbocycles. The molecule has 1 N–H and O–H groups in total. The summed E-state index contributed by atoms with van der Waals surface area (Å²) in [7, 11) is 0. The average molecular weight is 226 g/mol. The average Bonchev–Trinajstić information content (AvgIpc) is 2.70. The Hall–Kier alpha value is -1.92. The number of amides is 1. The number of hydrogen-bond acceptors (Lipinski definition) is 5. The van der Waals surface area contributed by atoms with Crippen LogP contribution in [0.15, 0.2) is 12.4 Å². The Bertz CT molecular complexity index is 337. The fraction of sp³-hybridized carbons (Fsp3) is 0.556. The molecule has 1 heterocycles. The number of nitrogens with zero attached hydrogens (tertiary/aromatic N) is 3. The second-order valence-electron chi connectivity index (χ2n) is 3.01. The summed E-state index contributed by atoms with van der Waals surface area (Å²) in [5.74, 6) is -0.529. The maximum atomic E-state index is 11.3. The first-order chi connectivity index (χ1) is 7.72. The highest BCUT2D eigenvalue weighted by molar-refractivity contribution is 5.76. The lowest BCUT2D eigenvalue weighted by molar-refractivity contribution is -0.143. The molecule has 0 saturated heterocycles. The number of aromatic nitrogens is 3. The molecule has 0 bridgehead atoms. The number of ether oxygens (including phenoxy) is 1. The van der Waals surface area contributed by atoms with E-state index >= 15 is 0 Å². The van der Waals surface area contributed by atoms with E-state index in [9.17, 15) is 9.59 Å². The maximum Gasteiger partial charge on any atom is 0.307 e. The molecule has 1 rings (SSSR count). The maximum absolute atomic E-state index is 11.3. The highest BCUT2D eigenvalue weighted by Gasteiger charge is 2.05. The minimum absolute atomic E-state index is 0.100. The van der Waals surface area contributed by atoms with Crippen molar-refractivity contribution in [3.63, 3.8) is 0 Å². The molecule has 0 aliphatic carbocycles. The van der Waals surface area contributed by atoms with Gasteiger partial charge in [0.05, 0.1) is 19.2 Å². The number of carbonyl (C=O) groups is 2. The molecular weight excluding hydrogens is 212 g/mol. The molecular formula is C9H14N4O3. The fourth-order valence-corrected chi connectivity index (χ4v) is 1.06. The molecule has 0 atom stereocenters. The molecule has 0 radical (unpaired) electrons. The molecule has 0 aliphatic heterocycles. The van der Waals surface area contributed by atoms with Gasteiger partial charge in [-0.05, 0) is 6.92 Å². The van der Waals surface area contributed by atoms with Gasteiger partial charge in [-0.3, -0.25) is 9.59 Å². The number of nitrogens with one attached hydrogen (secondary N) is 1. The summed E-state index contributed by atoms with van der Waals surface area (Å²) >= 11 is 0. The van der Waals surface area contributed by atoms with Crippen molar-refractivity contribution in [2.75, 3.05) is 13.2 Å². The quantitative estimate of drug-likeness (QED) is 0.651. The summed E-state index contributed by atoms with van der Waals surface area (Å²) in [6, 6.07) is 0. The molecule has 1 amide bonds. The molecule has 7 heteroatoms. The van der Waals surface area contributed by atoms with Gasteiger partial charge in [-0.25, -0.2) is 4.68 Å². The van der Waals surface area contributed by atoms with Crippen LogP contribution in [0.5, 0.6) is 0 Å². The van der Waals surface area contributed by atoms with Gasteiger partial charge in [-0.15, -0.1) is 5.10 Å². The summed E-state index contributed by atoms with van der Waals surface area (Å²) < 4.78 is 6.11. The first-order valence-electron chi connectivity index (χ1n) is 4.98. The lowest BCUT2D eigenvalue weighted by atomic mass is 10.4. The van der Waals surface area contributed by atoms with Crippen molar-refractivity contribution in [1.82, 2.24) is 20.3 Å². The van der Waals surface area contributed by atoms with Gasteiger partial charge in [-0.2, -0.15) is 0 Å². The van der Waals surface area contributed by atoms with Crippen LogP contribution in [0.25, 0.3) is 0 Å². The van der Waals surface area contributed by atoms with E-state index < -0.39 is 0 Å². The van der Waals surface area contributed by atoms with E-state index in [0.717, 1.165) is 0 Å². The third kappa shape index (κ3) is 4.54. The molecule has 0 aliphatic rings. The van der Waals surface area contributed by atoms with E-state index in [2.05, 4.69) is 15.6 Å². The van der Waals surface area contributed by atoms with E-state index in [0.29, 0.717) is 6.61 Å².